The Balaban J connectivity index is 1.60. The standard InChI is InChI=1S/C14H16N4O2/c19-8-10-3-1-2-9(6-10)7-15-14(20)13-16-12(17-18-13)11-4-5-11/h1-3,6,11,19H,4-5,7-8H2,(H,15,20)(H,16,17,18). The van der Waals surface area contributed by atoms with Gasteiger partial charge in [-0.25, -0.2) is 4.98 Å². The molecule has 1 fully saturated rings. The van der Waals surface area contributed by atoms with E-state index in [2.05, 4.69) is 20.5 Å². The fraction of sp³-hybridized carbons (Fsp3) is 0.357. The summed E-state index contributed by atoms with van der Waals surface area (Å²) in [4.78, 5) is 16.1. The third-order valence-electron chi connectivity index (χ3n) is 3.30. The van der Waals surface area contributed by atoms with Gasteiger partial charge in [0.25, 0.3) is 5.91 Å². The number of aromatic amines is 1. The lowest BCUT2D eigenvalue weighted by atomic mass is 10.1. The predicted molar refractivity (Wildman–Crippen MR) is 71.9 cm³/mol. The van der Waals surface area contributed by atoms with Crippen LogP contribution >= 0.6 is 0 Å². The van der Waals surface area contributed by atoms with E-state index < -0.39 is 0 Å². The van der Waals surface area contributed by atoms with Crippen molar-refractivity contribution in [2.75, 3.05) is 0 Å². The molecule has 0 spiro atoms. The summed E-state index contributed by atoms with van der Waals surface area (Å²) in [6.45, 7) is 0.382. The number of benzene rings is 1. The molecule has 0 atom stereocenters. The van der Waals surface area contributed by atoms with E-state index in [9.17, 15) is 4.79 Å². The molecule has 0 radical (unpaired) electrons. The number of H-pyrrole nitrogens is 1. The summed E-state index contributed by atoms with van der Waals surface area (Å²) in [6, 6.07) is 7.44. The third kappa shape index (κ3) is 2.85. The van der Waals surface area contributed by atoms with Crippen LogP contribution in [0.25, 0.3) is 0 Å². The predicted octanol–water partition coefficient (Wildman–Crippen LogP) is 1.10. The maximum absolute atomic E-state index is 11.9. The first-order valence-electron chi connectivity index (χ1n) is 6.65. The van der Waals surface area contributed by atoms with Gasteiger partial charge in [-0.2, -0.15) is 0 Å². The van der Waals surface area contributed by atoms with Crippen LogP contribution in [0.4, 0.5) is 0 Å². The Morgan fingerprint density at radius 1 is 1.40 bits per heavy atom. The lowest BCUT2D eigenvalue weighted by Gasteiger charge is -2.04. The molecule has 1 aromatic heterocycles. The highest BCUT2D eigenvalue weighted by atomic mass is 16.3. The molecule has 2 aromatic rings. The van der Waals surface area contributed by atoms with Crippen molar-refractivity contribution in [3.05, 3.63) is 47.0 Å². The van der Waals surface area contributed by atoms with E-state index in [4.69, 9.17) is 5.11 Å². The molecule has 104 valence electrons. The van der Waals surface area contributed by atoms with Crippen LogP contribution in [0.3, 0.4) is 0 Å². The van der Waals surface area contributed by atoms with Gasteiger partial charge in [-0.05, 0) is 24.0 Å². The fourth-order valence-electron chi connectivity index (χ4n) is 2.01. The molecule has 1 amide bonds. The van der Waals surface area contributed by atoms with Gasteiger partial charge in [0.15, 0.2) is 0 Å². The SMILES string of the molecule is O=C(NCc1cccc(CO)c1)c1n[nH]c(C2CC2)n1. The molecule has 0 bridgehead atoms. The van der Waals surface area contributed by atoms with Gasteiger partial charge in [0.2, 0.25) is 5.82 Å². The Kier molecular flexibility index (Phi) is 3.47. The smallest absolute Gasteiger partial charge is 0.291 e. The number of aromatic nitrogens is 3. The van der Waals surface area contributed by atoms with E-state index >= 15 is 0 Å². The van der Waals surface area contributed by atoms with Crippen molar-refractivity contribution < 1.29 is 9.90 Å². The minimum absolute atomic E-state index is 0.00649. The van der Waals surface area contributed by atoms with Crippen LogP contribution in [-0.4, -0.2) is 26.2 Å². The Hall–Kier alpha value is -2.21. The second-order valence-corrected chi connectivity index (χ2v) is 4.98. The van der Waals surface area contributed by atoms with Crippen LogP contribution < -0.4 is 5.32 Å². The highest BCUT2D eigenvalue weighted by Crippen LogP contribution is 2.37. The molecule has 1 aromatic carbocycles. The number of nitrogens with one attached hydrogen (secondary N) is 2. The van der Waals surface area contributed by atoms with Crippen molar-refractivity contribution in [3.63, 3.8) is 0 Å². The molecule has 0 saturated heterocycles. The van der Waals surface area contributed by atoms with E-state index in [-0.39, 0.29) is 18.3 Å². The minimum atomic E-state index is -0.289. The zero-order valence-electron chi connectivity index (χ0n) is 11.0. The summed E-state index contributed by atoms with van der Waals surface area (Å²) in [5.41, 5.74) is 1.76. The number of hydrogen-bond donors (Lipinski definition) is 3. The molecule has 1 aliphatic rings. The van der Waals surface area contributed by atoms with Gasteiger partial charge in [-0.15, -0.1) is 5.10 Å². The molecule has 6 heteroatoms. The van der Waals surface area contributed by atoms with Gasteiger partial charge in [-0.3, -0.25) is 9.89 Å². The first-order valence-corrected chi connectivity index (χ1v) is 6.65. The molecule has 0 aliphatic heterocycles. The van der Waals surface area contributed by atoms with Crippen molar-refractivity contribution in [1.82, 2.24) is 20.5 Å². The lowest BCUT2D eigenvalue weighted by molar-refractivity contribution is 0.0941. The third-order valence-corrected chi connectivity index (χ3v) is 3.30. The van der Waals surface area contributed by atoms with Gasteiger partial charge < -0.3 is 10.4 Å². The zero-order valence-corrected chi connectivity index (χ0v) is 11.0. The highest BCUT2D eigenvalue weighted by molar-refractivity contribution is 5.90. The van der Waals surface area contributed by atoms with Gasteiger partial charge in [0.05, 0.1) is 6.61 Å². The number of carbonyl (C=O) groups is 1. The van der Waals surface area contributed by atoms with Crippen molar-refractivity contribution >= 4 is 5.91 Å². The first-order chi connectivity index (χ1) is 9.76. The molecule has 0 unspecified atom stereocenters. The monoisotopic (exact) mass is 272 g/mol. The summed E-state index contributed by atoms with van der Waals surface area (Å²) >= 11 is 0. The summed E-state index contributed by atoms with van der Waals surface area (Å²) in [5.74, 6) is 1.15. The van der Waals surface area contributed by atoms with Crippen LogP contribution in [-0.2, 0) is 13.2 Å². The normalized spacial score (nSPS) is 14.2. The molecule has 3 rings (SSSR count). The summed E-state index contributed by atoms with van der Waals surface area (Å²) < 4.78 is 0. The van der Waals surface area contributed by atoms with Crippen molar-refractivity contribution in [2.45, 2.75) is 31.9 Å². The average molecular weight is 272 g/mol. The van der Waals surface area contributed by atoms with Gasteiger partial charge >= 0.3 is 0 Å². The zero-order chi connectivity index (χ0) is 13.9. The highest BCUT2D eigenvalue weighted by Gasteiger charge is 2.28. The van der Waals surface area contributed by atoms with Gasteiger partial charge in [-0.1, -0.05) is 24.3 Å². The van der Waals surface area contributed by atoms with Crippen LogP contribution in [0.5, 0.6) is 0 Å². The van der Waals surface area contributed by atoms with Crippen molar-refractivity contribution in [2.24, 2.45) is 0 Å². The molecular formula is C14H16N4O2. The molecule has 1 heterocycles. The van der Waals surface area contributed by atoms with Gasteiger partial charge in [0.1, 0.15) is 5.82 Å². The Morgan fingerprint density at radius 3 is 2.95 bits per heavy atom. The number of aliphatic hydroxyl groups excluding tert-OH is 1. The number of nitrogens with zero attached hydrogens (tertiary/aromatic N) is 2. The van der Waals surface area contributed by atoms with Crippen molar-refractivity contribution in [3.8, 4) is 0 Å². The van der Waals surface area contributed by atoms with Crippen LogP contribution in [0.2, 0.25) is 0 Å². The van der Waals surface area contributed by atoms with Crippen LogP contribution in [0.1, 0.15) is 46.3 Å². The Morgan fingerprint density at radius 2 is 2.20 bits per heavy atom. The number of carbonyl (C=O) groups excluding carboxylic acids is 1. The largest absolute Gasteiger partial charge is 0.392 e. The van der Waals surface area contributed by atoms with Crippen molar-refractivity contribution in [1.29, 1.82) is 0 Å². The lowest BCUT2D eigenvalue weighted by Crippen LogP contribution is -2.24. The maximum atomic E-state index is 11.9. The molecular weight excluding hydrogens is 256 g/mol. The topological polar surface area (TPSA) is 90.9 Å². The Bertz CT molecular complexity index is 619. The summed E-state index contributed by atoms with van der Waals surface area (Å²) in [7, 11) is 0. The molecule has 1 saturated carbocycles. The quantitative estimate of drug-likeness (QED) is 0.760. The van der Waals surface area contributed by atoms with E-state index in [1.807, 2.05) is 24.3 Å². The number of rotatable bonds is 5. The number of aliphatic hydroxyl groups is 1. The second kappa shape index (κ2) is 5.42. The number of amides is 1. The van der Waals surface area contributed by atoms with Crippen LogP contribution in [0, 0.1) is 0 Å². The fourth-order valence-corrected chi connectivity index (χ4v) is 2.01. The minimum Gasteiger partial charge on any atom is -0.392 e. The van der Waals surface area contributed by atoms with E-state index in [1.54, 1.807) is 0 Å². The summed E-state index contributed by atoms with van der Waals surface area (Å²) in [5, 5.41) is 18.6. The van der Waals surface area contributed by atoms with E-state index in [0.29, 0.717) is 12.5 Å². The van der Waals surface area contributed by atoms with Crippen LogP contribution in [0.15, 0.2) is 24.3 Å². The van der Waals surface area contributed by atoms with Gasteiger partial charge in [0, 0.05) is 12.5 Å². The summed E-state index contributed by atoms with van der Waals surface area (Å²) in [6.07, 6.45) is 2.23. The molecule has 1 aliphatic carbocycles. The first kappa shape index (κ1) is 12.8. The Labute approximate surface area is 116 Å². The molecule has 3 N–H and O–H groups in total. The second-order valence-electron chi connectivity index (χ2n) is 4.98. The van der Waals surface area contributed by atoms with E-state index in [1.165, 1.54) is 0 Å². The van der Waals surface area contributed by atoms with E-state index in [0.717, 1.165) is 29.8 Å². The molecule has 20 heavy (non-hydrogen) atoms. The maximum Gasteiger partial charge on any atom is 0.291 e. The average Bonchev–Trinajstić information content (AvgIpc) is 3.22. The molecule has 6 nitrogen and oxygen atoms in total. The number of hydrogen-bond acceptors (Lipinski definition) is 4.